The Balaban J connectivity index is 3.54. The molecular formula is C26H48O2Si2. The van der Waals surface area contributed by atoms with Crippen molar-refractivity contribution >= 4 is 22.7 Å². The lowest BCUT2D eigenvalue weighted by Crippen LogP contribution is -2.51. The van der Waals surface area contributed by atoms with Gasteiger partial charge in [-0.3, -0.25) is 0 Å². The second-order valence-corrected chi connectivity index (χ2v) is 21.5. The molecule has 0 unspecified atom stereocenters. The van der Waals surface area contributed by atoms with E-state index in [0.717, 1.165) is 17.1 Å². The van der Waals surface area contributed by atoms with Crippen molar-refractivity contribution in [1.82, 2.24) is 0 Å². The molecule has 0 aliphatic rings. The molecule has 172 valence electrons. The first-order valence-electron chi connectivity index (χ1n) is 11.9. The van der Waals surface area contributed by atoms with Crippen LogP contribution in [0.5, 0.6) is 11.5 Å². The van der Waals surface area contributed by atoms with Crippen LogP contribution in [-0.2, 0) is 0 Å². The van der Waals surface area contributed by atoms with Gasteiger partial charge in [-0.05, 0) is 50.9 Å². The molecule has 0 fully saturated rings. The molecule has 0 spiro atoms. The van der Waals surface area contributed by atoms with Gasteiger partial charge >= 0.3 is 0 Å². The Morgan fingerprint density at radius 3 is 1.03 bits per heavy atom. The van der Waals surface area contributed by atoms with Crippen molar-refractivity contribution < 1.29 is 8.85 Å². The molecule has 0 bridgehead atoms. The lowest BCUT2D eigenvalue weighted by atomic mass is 10.2. The lowest BCUT2D eigenvalue weighted by molar-refractivity contribution is 0.461. The predicted molar refractivity (Wildman–Crippen MR) is 140 cm³/mol. The molecule has 4 heteroatoms. The van der Waals surface area contributed by atoms with E-state index in [2.05, 4.69) is 108 Å². The highest BCUT2D eigenvalue weighted by Gasteiger charge is 2.48. The molecule has 0 aliphatic carbocycles. The highest BCUT2D eigenvalue weighted by molar-refractivity contribution is 6.78. The highest BCUT2D eigenvalue weighted by Crippen LogP contribution is 2.46. The average Bonchev–Trinajstić information content (AvgIpc) is 2.61. The summed E-state index contributed by atoms with van der Waals surface area (Å²) in [5.41, 5.74) is 4.26. The van der Waals surface area contributed by atoms with Gasteiger partial charge in [0.1, 0.15) is 11.5 Å². The van der Waals surface area contributed by atoms with Crippen molar-refractivity contribution in [3.05, 3.63) is 30.3 Å². The van der Waals surface area contributed by atoms with E-state index < -0.39 is 16.6 Å². The van der Waals surface area contributed by atoms with E-state index in [0.29, 0.717) is 33.2 Å². The standard InChI is InChI=1S/C26H48O2Si2/c1-14-24-15-25(27-29(18(2)3,19(4)5)20(6)7)17-26(16-24)28-30(21(8)9,22(10)11)23(12)13/h14-23H,1H2,2-13H3. The highest BCUT2D eigenvalue weighted by atomic mass is 28.4. The van der Waals surface area contributed by atoms with Crippen LogP contribution in [0, 0.1) is 0 Å². The van der Waals surface area contributed by atoms with E-state index in [9.17, 15) is 0 Å². The van der Waals surface area contributed by atoms with Crippen LogP contribution in [0.1, 0.15) is 88.6 Å². The van der Waals surface area contributed by atoms with Crippen molar-refractivity contribution in [2.75, 3.05) is 0 Å². The molecule has 0 heterocycles. The molecular weight excluding hydrogens is 400 g/mol. The fourth-order valence-corrected chi connectivity index (χ4v) is 16.4. The largest absolute Gasteiger partial charge is 0.543 e. The lowest BCUT2D eigenvalue weighted by Gasteiger charge is -2.43. The molecule has 0 radical (unpaired) electrons. The molecule has 0 saturated carbocycles. The Hall–Kier alpha value is -1.01. The molecule has 1 aromatic carbocycles. The van der Waals surface area contributed by atoms with Gasteiger partial charge in [0.2, 0.25) is 0 Å². The Morgan fingerprint density at radius 1 is 0.567 bits per heavy atom. The maximum absolute atomic E-state index is 6.99. The first-order valence-corrected chi connectivity index (χ1v) is 16.2. The first-order chi connectivity index (χ1) is 13.7. The number of hydrogen-bond donors (Lipinski definition) is 0. The summed E-state index contributed by atoms with van der Waals surface area (Å²) in [4.78, 5) is 0. The Morgan fingerprint density at radius 2 is 0.833 bits per heavy atom. The summed E-state index contributed by atoms with van der Waals surface area (Å²) in [7, 11) is -4.06. The number of benzene rings is 1. The van der Waals surface area contributed by atoms with Gasteiger partial charge in [-0.15, -0.1) is 0 Å². The topological polar surface area (TPSA) is 18.5 Å². The fraction of sp³-hybridized carbons (Fsp3) is 0.692. The first kappa shape index (κ1) is 27.0. The molecule has 0 aliphatic heterocycles. The van der Waals surface area contributed by atoms with Gasteiger partial charge in [0, 0.05) is 6.07 Å². The van der Waals surface area contributed by atoms with Crippen LogP contribution >= 0.6 is 0 Å². The van der Waals surface area contributed by atoms with Gasteiger partial charge < -0.3 is 8.85 Å². The van der Waals surface area contributed by atoms with Crippen LogP contribution in [0.15, 0.2) is 24.8 Å². The Labute approximate surface area is 189 Å². The molecule has 30 heavy (non-hydrogen) atoms. The zero-order valence-electron chi connectivity index (χ0n) is 21.8. The zero-order valence-corrected chi connectivity index (χ0v) is 23.8. The van der Waals surface area contributed by atoms with Crippen LogP contribution in [0.3, 0.4) is 0 Å². The van der Waals surface area contributed by atoms with E-state index in [1.807, 2.05) is 6.08 Å². The molecule has 1 aromatic rings. The van der Waals surface area contributed by atoms with Crippen LogP contribution in [-0.4, -0.2) is 16.6 Å². The predicted octanol–water partition coefficient (Wildman–Crippen LogP) is 9.44. The maximum atomic E-state index is 6.99. The van der Waals surface area contributed by atoms with Crippen LogP contribution < -0.4 is 8.85 Å². The fourth-order valence-electron chi connectivity index (χ4n) is 5.94. The van der Waals surface area contributed by atoms with Crippen molar-refractivity contribution in [3.8, 4) is 11.5 Å². The molecule has 0 atom stereocenters. The minimum absolute atomic E-state index is 0.532. The Kier molecular flexibility index (Phi) is 9.50. The van der Waals surface area contributed by atoms with Crippen LogP contribution in [0.4, 0.5) is 0 Å². The molecule has 2 nitrogen and oxygen atoms in total. The minimum atomic E-state index is -2.03. The van der Waals surface area contributed by atoms with Gasteiger partial charge in [-0.1, -0.05) is 95.7 Å². The smallest absolute Gasteiger partial charge is 0.258 e. The van der Waals surface area contributed by atoms with Crippen molar-refractivity contribution in [3.63, 3.8) is 0 Å². The summed E-state index contributed by atoms with van der Waals surface area (Å²) >= 11 is 0. The van der Waals surface area contributed by atoms with E-state index in [4.69, 9.17) is 8.85 Å². The molecule has 0 saturated heterocycles. The summed E-state index contributed by atoms with van der Waals surface area (Å²) in [6.45, 7) is 32.0. The number of rotatable bonds is 11. The molecule has 0 N–H and O–H groups in total. The number of hydrogen-bond acceptors (Lipinski definition) is 2. The summed E-state index contributed by atoms with van der Waals surface area (Å²) in [6, 6.07) is 6.42. The molecule has 1 rings (SSSR count). The van der Waals surface area contributed by atoms with Gasteiger partial charge in [-0.25, -0.2) is 0 Å². The third-order valence-corrected chi connectivity index (χ3v) is 19.1. The SMILES string of the molecule is C=Cc1cc(O[Si](C(C)C)(C(C)C)C(C)C)cc(O[Si](C(C)C)(C(C)C)C(C)C)c1. The quantitative estimate of drug-likeness (QED) is 0.314. The molecule has 0 aromatic heterocycles. The monoisotopic (exact) mass is 448 g/mol. The summed E-state index contributed by atoms with van der Waals surface area (Å²) in [6.07, 6.45) is 1.91. The van der Waals surface area contributed by atoms with E-state index in [-0.39, 0.29) is 0 Å². The average molecular weight is 449 g/mol. The van der Waals surface area contributed by atoms with E-state index in [1.54, 1.807) is 0 Å². The second kappa shape index (κ2) is 10.5. The van der Waals surface area contributed by atoms with Gasteiger partial charge in [-0.2, -0.15) is 0 Å². The van der Waals surface area contributed by atoms with Crippen molar-refractivity contribution in [2.24, 2.45) is 0 Å². The minimum Gasteiger partial charge on any atom is -0.543 e. The summed E-state index contributed by atoms with van der Waals surface area (Å²) in [5.74, 6) is 1.90. The van der Waals surface area contributed by atoms with E-state index in [1.165, 1.54) is 0 Å². The van der Waals surface area contributed by atoms with Gasteiger partial charge in [0.05, 0.1) is 0 Å². The summed E-state index contributed by atoms with van der Waals surface area (Å²) < 4.78 is 14.0. The normalized spacial score (nSPS) is 13.3. The third-order valence-electron chi connectivity index (χ3n) is 7.14. The zero-order chi connectivity index (χ0) is 23.4. The maximum Gasteiger partial charge on any atom is 0.258 e. The second-order valence-electron chi connectivity index (χ2n) is 10.8. The van der Waals surface area contributed by atoms with Crippen molar-refractivity contribution in [2.45, 2.75) is 116 Å². The van der Waals surface area contributed by atoms with Gasteiger partial charge in [0.25, 0.3) is 16.6 Å². The Bertz CT molecular complexity index is 594. The van der Waals surface area contributed by atoms with E-state index >= 15 is 0 Å². The van der Waals surface area contributed by atoms with Crippen LogP contribution in [0.25, 0.3) is 6.08 Å². The summed E-state index contributed by atoms with van der Waals surface area (Å²) in [5, 5.41) is 0. The third kappa shape index (κ3) is 5.24. The van der Waals surface area contributed by atoms with Crippen molar-refractivity contribution in [1.29, 1.82) is 0 Å². The van der Waals surface area contributed by atoms with Gasteiger partial charge in [0.15, 0.2) is 0 Å². The van der Waals surface area contributed by atoms with Crippen LogP contribution in [0.2, 0.25) is 33.2 Å². The molecule has 0 amide bonds.